The van der Waals surface area contributed by atoms with E-state index in [1.807, 2.05) is 0 Å². The summed E-state index contributed by atoms with van der Waals surface area (Å²) in [6, 6.07) is 12.1. The fourth-order valence-corrected chi connectivity index (χ4v) is 4.06. The lowest BCUT2D eigenvalue weighted by Gasteiger charge is -2.11. The van der Waals surface area contributed by atoms with E-state index in [1.165, 1.54) is 42.4 Å². The van der Waals surface area contributed by atoms with Crippen molar-refractivity contribution in [2.24, 2.45) is 0 Å². The topological polar surface area (TPSA) is 86.3 Å². The zero-order valence-corrected chi connectivity index (χ0v) is 20.0. The van der Waals surface area contributed by atoms with Crippen LogP contribution in [-0.2, 0) is 6.54 Å². The van der Waals surface area contributed by atoms with E-state index in [4.69, 9.17) is 16.3 Å². The van der Waals surface area contributed by atoms with Crippen LogP contribution in [0.25, 0.3) is 16.9 Å². The van der Waals surface area contributed by atoms with Crippen molar-refractivity contribution in [3.05, 3.63) is 94.8 Å². The number of halogens is 4. The van der Waals surface area contributed by atoms with Crippen molar-refractivity contribution in [2.45, 2.75) is 13.0 Å². The van der Waals surface area contributed by atoms with E-state index in [0.29, 0.717) is 22.6 Å². The molecule has 0 aliphatic rings. The van der Waals surface area contributed by atoms with Crippen LogP contribution in [-0.4, -0.2) is 37.4 Å². The van der Waals surface area contributed by atoms with Crippen LogP contribution >= 0.6 is 11.6 Å². The van der Waals surface area contributed by atoms with Crippen molar-refractivity contribution in [3.8, 4) is 17.0 Å². The summed E-state index contributed by atoms with van der Waals surface area (Å²) < 4.78 is 48.9. The summed E-state index contributed by atoms with van der Waals surface area (Å²) in [6.07, 6.45) is 1.28. The van der Waals surface area contributed by atoms with Gasteiger partial charge in [0.05, 0.1) is 37.4 Å². The number of anilines is 1. The van der Waals surface area contributed by atoms with Gasteiger partial charge >= 0.3 is 0 Å². The highest BCUT2D eigenvalue weighted by molar-refractivity contribution is 6.31. The molecule has 0 saturated carbocycles. The number of methoxy groups -OCH3 is 1. The molecule has 5 rings (SSSR count). The highest BCUT2D eigenvalue weighted by atomic mass is 35.5. The molecule has 0 saturated heterocycles. The molecule has 0 aliphatic carbocycles. The Kier molecular flexibility index (Phi) is 6.53. The Morgan fingerprint density at radius 3 is 2.70 bits per heavy atom. The molecule has 0 aliphatic heterocycles. The number of para-hydroxylation sites is 1. The summed E-state index contributed by atoms with van der Waals surface area (Å²) in [5, 5.41) is 11.1. The van der Waals surface area contributed by atoms with E-state index < -0.39 is 23.8 Å². The summed E-state index contributed by atoms with van der Waals surface area (Å²) >= 11 is 6.08. The number of amides is 1. The number of carbonyl (C=O) groups excluding carboxylic acids is 1. The van der Waals surface area contributed by atoms with Gasteiger partial charge in [0.2, 0.25) is 0 Å². The van der Waals surface area contributed by atoms with Crippen molar-refractivity contribution in [1.29, 1.82) is 0 Å². The quantitative estimate of drug-likeness (QED) is 0.297. The first-order chi connectivity index (χ1) is 17.8. The summed E-state index contributed by atoms with van der Waals surface area (Å²) in [6.45, 7) is 0.243. The molecule has 5 aromatic rings. The number of fused-ring (bicyclic) bond motifs is 1. The van der Waals surface area contributed by atoms with Crippen LogP contribution in [0.3, 0.4) is 0 Å². The number of benzene rings is 2. The lowest BCUT2D eigenvalue weighted by Crippen LogP contribution is -2.12. The molecule has 0 bridgehead atoms. The number of nitrogens with one attached hydrogen (secondary N) is 1. The molecule has 0 atom stereocenters. The minimum absolute atomic E-state index is 0.00650. The Hall–Kier alpha value is -4.38. The minimum atomic E-state index is -2.87. The van der Waals surface area contributed by atoms with Gasteiger partial charge in [0.15, 0.2) is 5.65 Å². The molecule has 3 heterocycles. The largest absolute Gasteiger partial charge is 0.496 e. The number of rotatable bonds is 7. The molecule has 8 nitrogen and oxygen atoms in total. The minimum Gasteiger partial charge on any atom is -0.496 e. The van der Waals surface area contributed by atoms with Crippen molar-refractivity contribution in [1.82, 2.24) is 24.4 Å². The number of aromatic nitrogens is 5. The summed E-state index contributed by atoms with van der Waals surface area (Å²) in [7, 11) is 1.47. The van der Waals surface area contributed by atoms with Crippen LogP contribution in [0.15, 0.2) is 67.1 Å². The molecule has 188 valence electrons. The van der Waals surface area contributed by atoms with Gasteiger partial charge in [-0.1, -0.05) is 29.8 Å². The van der Waals surface area contributed by atoms with Crippen molar-refractivity contribution in [3.63, 3.8) is 0 Å². The summed E-state index contributed by atoms with van der Waals surface area (Å²) in [5.74, 6) is -0.619. The molecule has 2 aromatic carbocycles. The monoisotopic (exact) mass is 526 g/mol. The SMILES string of the molecule is COc1ccccc1-c1cc(C(F)F)n2ncc(C(=O)Nc3cnn(Cc4ccc(F)cc4Cl)c3)c2n1. The van der Waals surface area contributed by atoms with Crippen LogP contribution < -0.4 is 10.1 Å². The van der Waals surface area contributed by atoms with Crippen LogP contribution in [0, 0.1) is 5.82 Å². The van der Waals surface area contributed by atoms with E-state index >= 15 is 0 Å². The smallest absolute Gasteiger partial charge is 0.280 e. The van der Waals surface area contributed by atoms with Gasteiger partial charge in [0.25, 0.3) is 12.3 Å². The van der Waals surface area contributed by atoms with Crippen LogP contribution in [0.5, 0.6) is 5.75 Å². The third-order valence-electron chi connectivity index (χ3n) is 5.59. The number of hydrogen-bond donors (Lipinski definition) is 1. The summed E-state index contributed by atoms with van der Waals surface area (Å²) in [4.78, 5) is 17.5. The van der Waals surface area contributed by atoms with Gasteiger partial charge in [-0.2, -0.15) is 10.2 Å². The molecule has 3 aromatic heterocycles. The third-order valence-corrected chi connectivity index (χ3v) is 5.94. The second-order valence-electron chi connectivity index (χ2n) is 7.98. The number of carbonyl (C=O) groups is 1. The second-order valence-corrected chi connectivity index (χ2v) is 8.38. The standard InChI is InChI=1S/C25H18ClF3N6O2/c1-37-22-5-3-2-4-17(22)20-9-21(23(28)29)35-24(33-20)18(11-31-35)25(36)32-16-10-30-34(13-16)12-14-6-7-15(27)8-19(14)26/h2-11,13,23H,12H2,1H3,(H,32,36). The fraction of sp³-hybridized carbons (Fsp3) is 0.120. The Morgan fingerprint density at radius 2 is 1.95 bits per heavy atom. The van der Waals surface area contributed by atoms with E-state index in [2.05, 4.69) is 20.5 Å². The zero-order chi connectivity index (χ0) is 26.1. The first-order valence-corrected chi connectivity index (χ1v) is 11.3. The molecular weight excluding hydrogens is 509 g/mol. The molecule has 0 spiro atoms. The molecule has 1 amide bonds. The molecule has 0 fully saturated rings. The third kappa shape index (κ3) is 4.85. The van der Waals surface area contributed by atoms with Crippen LogP contribution in [0.1, 0.15) is 28.0 Å². The lowest BCUT2D eigenvalue weighted by atomic mass is 10.1. The average Bonchev–Trinajstić information content (AvgIpc) is 3.51. The Labute approximate surface area is 213 Å². The molecule has 1 N–H and O–H groups in total. The maximum absolute atomic E-state index is 13.9. The van der Waals surface area contributed by atoms with Crippen molar-refractivity contribution >= 4 is 28.8 Å². The van der Waals surface area contributed by atoms with Crippen LogP contribution in [0.4, 0.5) is 18.9 Å². The Bertz CT molecular complexity index is 1620. The maximum atomic E-state index is 13.9. The van der Waals surface area contributed by atoms with Gasteiger partial charge in [-0.25, -0.2) is 22.7 Å². The summed E-state index contributed by atoms with van der Waals surface area (Å²) in [5.41, 5.74) is 1.21. The van der Waals surface area contributed by atoms with E-state index in [1.54, 1.807) is 36.5 Å². The van der Waals surface area contributed by atoms with Gasteiger partial charge in [0.1, 0.15) is 22.8 Å². The van der Waals surface area contributed by atoms with Gasteiger partial charge in [-0.3, -0.25) is 9.48 Å². The molecule has 0 radical (unpaired) electrons. The van der Waals surface area contributed by atoms with Gasteiger partial charge in [0, 0.05) is 16.8 Å². The molecular formula is C25H18ClF3N6O2. The normalized spacial score (nSPS) is 11.3. The highest BCUT2D eigenvalue weighted by Crippen LogP contribution is 2.32. The lowest BCUT2D eigenvalue weighted by molar-refractivity contribution is 0.102. The van der Waals surface area contributed by atoms with Gasteiger partial charge in [-0.05, 0) is 35.9 Å². The van der Waals surface area contributed by atoms with Gasteiger partial charge < -0.3 is 10.1 Å². The highest BCUT2D eigenvalue weighted by Gasteiger charge is 2.23. The van der Waals surface area contributed by atoms with Crippen LogP contribution in [0.2, 0.25) is 5.02 Å². The number of hydrogen-bond acceptors (Lipinski definition) is 5. The van der Waals surface area contributed by atoms with E-state index in [9.17, 15) is 18.0 Å². The predicted octanol–water partition coefficient (Wildman–Crippen LogP) is 5.63. The molecule has 12 heteroatoms. The average molecular weight is 527 g/mol. The van der Waals surface area contributed by atoms with E-state index in [-0.39, 0.29) is 28.5 Å². The molecule has 0 unspecified atom stereocenters. The zero-order valence-electron chi connectivity index (χ0n) is 19.2. The maximum Gasteiger partial charge on any atom is 0.280 e. The second kappa shape index (κ2) is 9.94. The van der Waals surface area contributed by atoms with E-state index in [0.717, 1.165) is 4.52 Å². The predicted molar refractivity (Wildman–Crippen MR) is 131 cm³/mol. The van der Waals surface area contributed by atoms with Gasteiger partial charge in [-0.15, -0.1) is 0 Å². The molecule has 37 heavy (non-hydrogen) atoms. The number of nitrogens with zero attached hydrogens (tertiary/aromatic N) is 5. The van der Waals surface area contributed by atoms with Crippen molar-refractivity contribution < 1.29 is 22.7 Å². The first-order valence-electron chi connectivity index (χ1n) is 10.9. The van der Waals surface area contributed by atoms with Crippen molar-refractivity contribution in [2.75, 3.05) is 12.4 Å². The Morgan fingerprint density at radius 1 is 1.14 bits per heavy atom. The number of ether oxygens (including phenoxy) is 1. The fourth-order valence-electron chi connectivity index (χ4n) is 3.83. The first kappa shape index (κ1) is 24.3. The Balaban J connectivity index is 1.45. The number of alkyl halides is 2.